The Morgan fingerprint density at radius 2 is 1.83 bits per heavy atom. The standard InChI is InChI=1S/C21H22F3N5O/c1-14-11-15(2)29(28-14)19-6-4-3-5-17(19)13-27-20(25)26-12-16-7-9-18(10-8-16)30-21(22,23)24/h3-11H,12-13H2,1-2H3,(H3,25,26,27). The van der Waals surface area contributed by atoms with E-state index in [4.69, 9.17) is 5.73 Å². The van der Waals surface area contributed by atoms with Gasteiger partial charge >= 0.3 is 6.36 Å². The SMILES string of the molecule is Cc1cc(C)n(-c2ccccc2CNC(N)=NCc2ccc(OC(F)(F)F)cc2)n1. The minimum absolute atomic E-state index is 0.226. The fourth-order valence-corrected chi connectivity index (χ4v) is 2.95. The van der Waals surface area contributed by atoms with Gasteiger partial charge in [0.25, 0.3) is 0 Å². The molecule has 3 rings (SSSR count). The van der Waals surface area contributed by atoms with Crippen molar-refractivity contribution in [1.82, 2.24) is 15.1 Å². The molecule has 3 N–H and O–H groups in total. The van der Waals surface area contributed by atoms with Crippen LogP contribution in [0.1, 0.15) is 22.5 Å². The molecule has 0 fully saturated rings. The number of halogens is 3. The van der Waals surface area contributed by atoms with Crippen LogP contribution in [0.3, 0.4) is 0 Å². The van der Waals surface area contributed by atoms with Gasteiger partial charge in [-0.3, -0.25) is 0 Å². The third-order valence-electron chi connectivity index (χ3n) is 4.28. The first-order valence-corrected chi connectivity index (χ1v) is 9.21. The summed E-state index contributed by atoms with van der Waals surface area (Å²) in [5.41, 5.74) is 10.6. The second-order valence-corrected chi connectivity index (χ2v) is 6.71. The molecule has 0 spiro atoms. The predicted molar refractivity (Wildman–Crippen MR) is 108 cm³/mol. The van der Waals surface area contributed by atoms with Crippen LogP contribution in [0.25, 0.3) is 5.69 Å². The predicted octanol–water partition coefficient (Wildman–Crippen LogP) is 3.99. The third-order valence-corrected chi connectivity index (χ3v) is 4.28. The van der Waals surface area contributed by atoms with Crippen molar-refractivity contribution in [3.63, 3.8) is 0 Å². The number of hydrogen-bond donors (Lipinski definition) is 2. The highest BCUT2D eigenvalue weighted by Crippen LogP contribution is 2.23. The van der Waals surface area contributed by atoms with E-state index in [0.717, 1.165) is 22.6 Å². The van der Waals surface area contributed by atoms with Gasteiger partial charge in [0.2, 0.25) is 0 Å². The molecular formula is C21H22F3N5O. The van der Waals surface area contributed by atoms with Gasteiger partial charge in [-0.2, -0.15) is 5.10 Å². The van der Waals surface area contributed by atoms with Gasteiger partial charge in [-0.05, 0) is 49.2 Å². The highest BCUT2D eigenvalue weighted by molar-refractivity contribution is 5.77. The number of para-hydroxylation sites is 1. The molecule has 30 heavy (non-hydrogen) atoms. The molecule has 1 aromatic heterocycles. The van der Waals surface area contributed by atoms with E-state index in [1.54, 1.807) is 0 Å². The van der Waals surface area contributed by atoms with Crippen molar-refractivity contribution in [1.29, 1.82) is 0 Å². The number of aliphatic imine (C=N–C) groups is 1. The van der Waals surface area contributed by atoms with Crippen LogP contribution in [0.2, 0.25) is 0 Å². The maximum absolute atomic E-state index is 12.2. The van der Waals surface area contributed by atoms with Crippen LogP contribution >= 0.6 is 0 Å². The van der Waals surface area contributed by atoms with E-state index in [-0.39, 0.29) is 18.3 Å². The highest BCUT2D eigenvalue weighted by atomic mass is 19.4. The Hall–Kier alpha value is -3.49. The van der Waals surface area contributed by atoms with Crippen molar-refractivity contribution >= 4 is 5.96 Å². The first kappa shape index (κ1) is 21.2. The Kier molecular flexibility index (Phi) is 6.29. The van der Waals surface area contributed by atoms with Crippen molar-refractivity contribution in [2.45, 2.75) is 33.3 Å². The van der Waals surface area contributed by atoms with E-state index < -0.39 is 6.36 Å². The number of guanidine groups is 1. The summed E-state index contributed by atoms with van der Waals surface area (Å²) in [6.45, 7) is 4.61. The van der Waals surface area contributed by atoms with Crippen LogP contribution < -0.4 is 15.8 Å². The molecule has 0 aliphatic rings. The van der Waals surface area contributed by atoms with Crippen LogP contribution in [0.5, 0.6) is 5.75 Å². The number of rotatable bonds is 6. The van der Waals surface area contributed by atoms with E-state index in [1.807, 2.05) is 48.9 Å². The van der Waals surface area contributed by atoms with Crippen LogP contribution in [0, 0.1) is 13.8 Å². The van der Waals surface area contributed by atoms with E-state index >= 15 is 0 Å². The van der Waals surface area contributed by atoms with Crippen molar-refractivity contribution < 1.29 is 17.9 Å². The number of aryl methyl sites for hydroxylation is 2. The zero-order valence-electron chi connectivity index (χ0n) is 16.6. The van der Waals surface area contributed by atoms with Crippen LogP contribution in [-0.2, 0) is 13.1 Å². The molecule has 0 bridgehead atoms. The van der Waals surface area contributed by atoms with Crippen LogP contribution in [0.4, 0.5) is 13.2 Å². The number of nitrogens with one attached hydrogen (secondary N) is 1. The average Bonchev–Trinajstić information content (AvgIpc) is 3.02. The number of benzene rings is 2. The number of nitrogens with zero attached hydrogens (tertiary/aromatic N) is 3. The second kappa shape index (κ2) is 8.89. The Morgan fingerprint density at radius 1 is 1.13 bits per heavy atom. The lowest BCUT2D eigenvalue weighted by atomic mass is 10.1. The summed E-state index contributed by atoms with van der Waals surface area (Å²) >= 11 is 0. The number of aromatic nitrogens is 2. The van der Waals surface area contributed by atoms with Gasteiger partial charge < -0.3 is 15.8 Å². The summed E-state index contributed by atoms with van der Waals surface area (Å²) in [6.07, 6.45) is -4.71. The molecule has 0 radical (unpaired) electrons. The normalized spacial score (nSPS) is 12.1. The summed E-state index contributed by atoms with van der Waals surface area (Å²) in [4.78, 5) is 4.24. The Bertz CT molecular complexity index is 1030. The molecule has 0 atom stereocenters. The molecule has 0 unspecified atom stereocenters. The summed E-state index contributed by atoms with van der Waals surface area (Å²) in [7, 11) is 0. The molecule has 0 aliphatic carbocycles. The molecule has 158 valence electrons. The lowest BCUT2D eigenvalue weighted by molar-refractivity contribution is -0.274. The minimum atomic E-state index is -4.71. The van der Waals surface area contributed by atoms with Gasteiger partial charge in [-0.25, -0.2) is 9.67 Å². The lowest BCUT2D eigenvalue weighted by Gasteiger charge is -2.12. The van der Waals surface area contributed by atoms with Gasteiger partial charge in [0.15, 0.2) is 5.96 Å². The largest absolute Gasteiger partial charge is 0.573 e. The fourth-order valence-electron chi connectivity index (χ4n) is 2.95. The van der Waals surface area contributed by atoms with Gasteiger partial charge in [-0.1, -0.05) is 30.3 Å². The zero-order valence-corrected chi connectivity index (χ0v) is 16.6. The smallest absolute Gasteiger partial charge is 0.406 e. The van der Waals surface area contributed by atoms with E-state index in [0.29, 0.717) is 12.1 Å². The Morgan fingerprint density at radius 3 is 2.47 bits per heavy atom. The Balaban J connectivity index is 1.62. The quantitative estimate of drug-likeness (QED) is 0.470. The molecule has 2 aromatic carbocycles. The molecule has 3 aromatic rings. The highest BCUT2D eigenvalue weighted by Gasteiger charge is 2.30. The van der Waals surface area contributed by atoms with Gasteiger partial charge in [0.1, 0.15) is 5.75 Å². The monoisotopic (exact) mass is 417 g/mol. The van der Waals surface area contributed by atoms with E-state index in [2.05, 4.69) is 20.1 Å². The maximum Gasteiger partial charge on any atom is 0.573 e. The van der Waals surface area contributed by atoms with Gasteiger partial charge in [0.05, 0.1) is 17.9 Å². The Labute approximate surface area is 172 Å². The zero-order chi connectivity index (χ0) is 21.7. The second-order valence-electron chi connectivity index (χ2n) is 6.71. The summed E-state index contributed by atoms with van der Waals surface area (Å²) in [5.74, 6) is -0.0455. The first-order valence-electron chi connectivity index (χ1n) is 9.21. The molecule has 0 amide bonds. The van der Waals surface area contributed by atoms with Crippen molar-refractivity contribution in [3.05, 3.63) is 77.1 Å². The van der Waals surface area contributed by atoms with Crippen molar-refractivity contribution in [2.24, 2.45) is 10.7 Å². The topological polar surface area (TPSA) is 77.5 Å². The molecule has 0 saturated heterocycles. The van der Waals surface area contributed by atoms with Crippen molar-refractivity contribution in [2.75, 3.05) is 0 Å². The molecule has 0 aliphatic heterocycles. The average molecular weight is 417 g/mol. The van der Waals surface area contributed by atoms with Crippen molar-refractivity contribution in [3.8, 4) is 11.4 Å². The lowest BCUT2D eigenvalue weighted by Crippen LogP contribution is -2.31. The number of nitrogens with two attached hydrogens (primary N) is 1. The fraction of sp³-hybridized carbons (Fsp3) is 0.238. The van der Waals surface area contributed by atoms with E-state index in [9.17, 15) is 13.2 Å². The van der Waals surface area contributed by atoms with E-state index in [1.165, 1.54) is 24.3 Å². The first-order chi connectivity index (χ1) is 14.2. The third kappa shape index (κ3) is 5.76. The summed E-state index contributed by atoms with van der Waals surface area (Å²) in [6, 6.07) is 15.3. The van der Waals surface area contributed by atoms with Crippen LogP contribution in [0.15, 0.2) is 59.6 Å². The van der Waals surface area contributed by atoms with Crippen LogP contribution in [-0.4, -0.2) is 22.1 Å². The molecule has 6 nitrogen and oxygen atoms in total. The molecule has 0 saturated carbocycles. The molecule has 1 heterocycles. The number of ether oxygens (including phenoxy) is 1. The van der Waals surface area contributed by atoms with Gasteiger partial charge in [-0.15, -0.1) is 13.2 Å². The molecule has 9 heteroatoms. The maximum atomic E-state index is 12.2. The van der Waals surface area contributed by atoms with Gasteiger partial charge in [0, 0.05) is 12.2 Å². The minimum Gasteiger partial charge on any atom is -0.406 e. The summed E-state index contributed by atoms with van der Waals surface area (Å²) < 4.78 is 42.3. The number of hydrogen-bond acceptors (Lipinski definition) is 3. The number of alkyl halides is 3. The summed E-state index contributed by atoms with van der Waals surface area (Å²) in [5, 5.41) is 7.58. The molecular weight excluding hydrogens is 395 g/mol.